The van der Waals surface area contributed by atoms with Crippen LogP contribution in [0.25, 0.3) is 0 Å². The van der Waals surface area contributed by atoms with E-state index < -0.39 is 22.8 Å². The number of methoxy groups -OCH3 is 1. The predicted molar refractivity (Wildman–Crippen MR) is 79.0 cm³/mol. The number of carbonyl (C=O) groups is 2. The first-order valence-electron chi connectivity index (χ1n) is 5.90. The Hall–Kier alpha value is -2.13. The van der Waals surface area contributed by atoms with Crippen LogP contribution in [0.1, 0.15) is 0 Å². The van der Waals surface area contributed by atoms with Crippen LogP contribution in [-0.2, 0) is 14.3 Å². The quantitative estimate of drug-likeness (QED) is 0.432. The SMILES string of the molecule is COC(=O)C(N)CSCC(=O)Nc1ccccc1[N+](=O)[O-]. The van der Waals surface area contributed by atoms with Gasteiger partial charge in [0.25, 0.3) is 5.69 Å². The van der Waals surface area contributed by atoms with Crippen molar-refractivity contribution < 1.29 is 19.2 Å². The van der Waals surface area contributed by atoms with Gasteiger partial charge in [0.15, 0.2) is 0 Å². The largest absolute Gasteiger partial charge is 0.468 e. The van der Waals surface area contributed by atoms with Gasteiger partial charge < -0.3 is 15.8 Å². The molecule has 0 aliphatic rings. The predicted octanol–water partition coefficient (Wildman–Crippen LogP) is 0.767. The number of para-hydroxylation sites is 2. The van der Waals surface area contributed by atoms with Crippen LogP contribution in [0.4, 0.5) is 11.4 Å². The number of rotatable bonds is 7. The molecule has 114 valence electrons. The number of hydrogen-bond acceptors (Lipinski definition) is 7. The summed E-state index contributed by atoms with van der Waals surface area (Å²) in [5.41, 5.74) is 5.47. The van der Waals surface area contributed by atoms with Crippen LogP contribution in [0.5, 0.6) is 0 Å². The summed E-state index contributed by atoms with van der Waals surface area (Å²) in [7, 11) is 1.23. The van der Waals surface area contributed by atoms with Crippen molar-refractivity contribution in [2.45, 2.75) is 6.04 Å². The number of thioether (sulfide) groups is 1. The summed E-state index contributed by atoms with van der Waals surface area (Å²) in [6.07, 6.45) is 0. The van der Waals surface area contributed by atoms with E-state index in [0.717, 1.165) is 11.8 Å². The number of carbonyl (C=O) groups excluding carboxylic acids is 2. The molecule has 1 aromatic rings. The van der Waals surface area contributed by atoms with E-state index in [1.165, 1.54) is 25.3 Å². The van der Waals surface area contributed by atoms with Crippen LogP contribution in [0, 0.1) is 10.1 Å². The van der Waals surface area contributed by atoms with Gasteiger partial charge in [-0.05, 0) is 6.07 Å². The third-order valence-corrected chi connectivity index (χ3v) is 3.47. The van der Waals surface area contributed by atoms with Gasteiger partial charge >= 0.3 is 5.97 Å². The Balaban J connectivity index is 2.48. The molecule has 9 heteroatoms. The molecule has 0 fully saturated rings. The maximum Gasteiger partial charge on any atom is 0.323 e. The summed E-state index contributed by atoms with van der Waals surface area (Å²) in [5.74, 6) is -0.721. The molecule has 0 aromatic heterocycles. The molecule has 0 heterocycles. The van der Waals surface area contributed by atoms with Gasteiger partial charge in [-0.2, -0.15) is 0 Å². The van der Waals surface area contributed by atoms with Crippen LogP contribution < -0.4 is 11.1 Å². The molecule has 0 saturated heterocycles. The highest BCUT2D eigenvalue weighted by molar-refractivity contribution is 8.00. The highest BCUT2D eigenvalue weighted by Gasteiger charge is 2.16. The lowest BCUT2D eigenvalue weighted by molar-refractivity contribution is -0.383. The normalized spacial score (nSPS) is 11.5. The molecule has 0 radical (unpaired) electrons. The van der Waals surface area contributed by atoms with Crippen molar-refractivity contribution in [1.82, 2.24) is 0 Å². The van der Waals surface area contributed by atoms with E-state index in [2.05, 4.69) is 10.1 Å². The minimum absolute atomic E-state index is 0.0245. The number of ether oxygens (including phenoxy) is 1. The molecule has 8 nitrogen and oxygen atoms in total. The first-order chi connectivity index (χ1) is 9.95. The first kappa shape index (κ1) is 16.9. The number of anilines is 1. The maximum absolute atomic E-state index is 11.7. The lowest BCUT2D eigenvalue weighted by Crippen LogP contribution is -2.34. The molecule has 1 atom stereocenters. The molecule has 1 unspecified atom stereocenters. The fraction of sp³-hybridized carbons (Fsp3) is 0.333. The second-order valence-corrected chi connectivity index (χ2v) is 5.00. The number of benzene rings is 1. The number of nitrogens with two attached hydrogens (primary N) is 1. The Morgan fingerprint density at radius 2 is 2.14 bits per heavy atom. The van der Waals surface area contributed by atoms with Crippen LogP contribution in [0.2, 0.25) is 0 Å². The third kappa shape index (κ3) is 5.40. The van der Waals surface area contributed by atoms with Crippen molar-refractivity contribution in [3.63, 3.8) is 0 Å². The molecular weight excluding hydrogens is 298 g/mol. The zero-order valence-corrected chi connectivity index (χ0v) is 12.1. The molecule has 3 N–H and O–H groups in total. The van der Waals surface area contributed by atoms with E-state index in [1.807, 2.05) is 0 Å². The topological polar surface area (TPSA) is 125 Å². The summed E-state index contributed by atoms with van der Waals surface area (Å²) in [4.78, 5) is 33.0. The third-order valence-electron chi connectivity index (χ3n) is 2.41. The van der Waals surface area contributed by atoms with Gasteiger partial charge in [0, 0.05) is 11.8 Å². The minimum Gasteiger partial charge on any atom is -0.468 e. The van der Waals surface area contributed by atoms with Gasteiger partial charge in [-0.25, -0.2) is 0 Å². The summed E-state index contributed by atoms with van der Waals surface area (Å²) < 4.78 is 4.45. The van der Waals surface area contributed by atoms with Gasteiger partial charge in [-0.1, -0.05) is 12.1 Å². The molecular formula is C12H15N3O5S. The van der Waals surface area contributed by atoms with Crippen LogP contribution in [-0.4, -0.2) is 41.5 Å². The average molecular weight is 313 g/mol. The number of hydrogen-bond donors (Lipinski definition) is 2. The fourth-order valence-corrected chi connectivity index (χ4v) is 2.19. The van der Waals surface area contributed by atoms with E-state index >= 15 is 0 Å². The molecule has 0 aliphatic carbocycles. The van der Waals surface area contributed by atoms with E-state index in [9.17, 15) is 19.7 Å². The zero-order valence-electron chi connectivity index (χ0n) is 11.3. The smallest absolute Gasteiger partial charge is 0.323 e. The van der Waals surface area contributed by atoms with E-state index in [-0.39, 0.29) is 22.9 Å². The molecule has 1 rings (SSSR count). The Kier molecular flexibility index (Phi) is 6.63. The number of nitro groups is 1. The number of amides is 1. The molecule has 0 aliphatic heterocycles. The van der Waals surface area contributed by atoms with Gasteiger partial charge in [0.1, 0.15) is 11.7 Å². The Morgan fingerprint density at radius 3 is 2.76 bits per heavy atom. The monoisotopic (exact) mass is 313 g/mol. The Labute approximate surface area is 125 Å². The van der Waals surface area contributed by atoms with Crippen molar-refractivity contribution in [2.75, 3.05) is 23.9 Å². The minimum atomic E-state index is -0.807. The maximum atomic E-state index is 11.7. The Morgan fingerprint density at radius 1 is 1.48 bits per heavy atom. The molecule has 21 heavy (non-hydrogen) atoms. The van der Waals surface area contributed by atoms with Crippen molar-refractivity contribution in [2.24, 2.45) is 5.73 Å². The Bertz CT molecular complexity index is 537. The molecule has 1 aromatic carbocycles. The lowest BCUT2D eigenvalue weighted by atomic mass is 10.2. The van der Waals surface area contributed by atoms with Crippen molar-refractivity contribution in [3.05, 3.63) is 34.4 Å². The van der Waals surface area contributed by atoms with Gasteiger partial charge in [0.05, 0.1) is 17.8 Å². The van der Waals surface area contributed by atoms with E-state index in [1.54, 1.807) is 6.07 Å². The zero-order chi connectivity index (χ0) is 15.8. The highest BCUT2D eigenvalue weighted by Crippen LogP contribution is 2.23. The summed E-state index contributed by atoms with van der Waals surface area (Å²) in [6.45, 7) is 0. The van der Waals surface area contributed by atoms with Crippen molar-refractivity contribution in [1.29, 1.82) is 0 Å². The fourth-order valence-electron chi connectivity index (χ4n) is 1.42. The van der Waals surface area contributed by atoms with Crippen molar-refractivity contribution >= 4 is 35.0 Å². The number of nitrogens with zero attached hydrogens (tertiary/aromatic N) is 1. The lowest BCUT2D eigenvalue weighted by Gasteiger charge is -2.09. The number of esters is 1. The first-order valence-corrected chi connectivity index (χ1v) is 7.05. The molecule has 0 bridgehead atoms. The standard InChI is InChI=1S/C12H15N3O5S/c1-20-12(17)8(13)6-21-7-11(16)14-9-4-2-3-5-10(9)15(18)19/h2-5,8H,6-7,13H2,1H3,(H,14,16). The van der Waals surface area contributed by atoms with E-state index in [4.69, 9.17) is 5.73 Å². The average Bonchev–Trinajstić information content (AvgIpc) is 2.46. The second kappa shape index (κ2) is 8.22. The highest BCUT2D eigenvalue weighted by atomic mass is 32.2. The van der Waals surface area contributed by atoms with Gasteiger partial charge in [-0.3, -0.25) is 19.7 Å². The van der Waals surface area contributed by atoms with Gasteiger partial charge in [0.2, 0.25) is 5.91 Å². The molecule has 0 saturated carbocycles. The summed E-state index contributed by atoms with van der Waals surface area (Å²) >= 11 is 1.14. The molecule has 0 spiro atoms. The second-order valence-electron chi connectivity index (χ2n) is 3.97. The van der Waals surface area contributed by atoms with E-state index in [0.29, 0.717) is 0 Å². The van der Waals surface area contributed by atoms with Crippen LogP contribution in [0.3, 0.4) is 0 Å². The number of nitrogens with one attached hydrogen (secondary N) is 1. The van der Waals surface area contributed by atoms with Crippen LogP contribution in [0.15, 0.2) is 24.3 Å². The number of nitro benzene ring substituents is 1. The van der Waals surface area contributed by atoms with Crippen LogP contribution >= 0.6 is 11.8 Å². The summed E-state index contributed by atoms with van der Waals surface area (Å²) in [5, 5.41) is 13.2. The molecule has 1 amide bonds. The van der Waals surface area contributed by atoms with Gasteiger partial charge in [-0.15, -0.1) is 11.8 Å². The summed E-state index contributed by atoms with van der Waals surface area (Å²) in [6, 6.07) is 5.04. The van der Waals surface area contributed by atoms with Crippen molar-refractivity contribution in [3.8, 4) is 0 Å².